The number of nitrogens with zero attached hydrogens (tertiary/aromatic N) is 1. The Morgan fingerprint density at radius 1 is 0.938 bits per heavy atom. The smallest absolute Gasteiger partial charge is 0.150 e. The van der Waals surface area contributed by atoms with Gasteiger partial charge in [-0.2, -0.15) is 4.99 Å². The van der Waals surface area contributed by atoms with Crippen LogP contribution in [0.5, 0.6) is 0 Å². The standard InChI is InChI=1S/C29H24FNS/c1-2-3-4-21-5-7-22(8-6-21)9-10-23-11-12-25-18-26(14-13-24(25)17-23)27-15-16-29(31-20-32)28(30)19-27/h5-8,11-12,15-19H,2-4,13-14H2,1H3. The van der Waals surface area contributed by atoms with Crippen LogP contribution in [0.1, 0.15) is 59.6 Å². The number of aryl methyl sites for hydroxylation is 2. The molecule has 0 fully saturated rings. The molecule has 4 rings (SSSR count). The molecule has 0 saturated carbocycles. The zero-order valence-corrected chi connectivity index (χ0v) is 18.9. The Kier molecular flexibility index (Phi) is 7.07. The summed E-state index contributed by atoms with van der Waals surface area (Å²) >= 11 is 4.57. The van der Waals surface area contributed by atoms with Gasteiger partial charge in [-0.3, -0.25) is 0 Å². The number of allylic oxidation sites excluding steroid dienone is 1. The minimum absolute atomic E-state index is 0.222. The monoisotopic (exact) mass is 437 g/mol. The van der Waals surface area contributed by atoms with Gasteiger partial charge in [-0.1, -0.05) is 55.5 Å². The highest BCUT2D eigenvalue weighted by Gasteiger charge is 2.14. The predicted molar refractivity (Wildman–Crippen MR) is 135 cm³/mol. The number of benzene rings is 3. The van der Waals surface area contributed by atoms with Gasteiger partial charge >= 0.3 is 0 Å². The third-order valence-electron chi connectivity index (χ3n) is 5.75. The van der Waals surface area contributed by atoms with E-state index < -0.39 is 0 Å². The van der Waals surface area contributed by atoms with E-state index in [9.17, 15) is 4.39 Å². The van der Waals surface area contributed by atoms with Crippen LogP contribution < -0.4 is 0 Å². The quantitative estimate of drug-likeness (QED) is 0.225. The van der Waals surface area contributed by atoms with Crippen molar-refractivity contribution in [3.05, 3.63) is 99.9 Å². The van der Waals surface area contributed by atoms with Gasteiger partial charge in [0.05, 0.1) is 5.16 Å². The average Bonchev–Trinajstić information content (AvgIpc) is 2.83. The van der Waals surface area contributed by atoms with Crippen LogP contribution in [-0.4, -0.2) is 5.16 Å². The lowest BCUT2D eigenvalue weighted by Crippen LogP contribution is -2.00. The Bertz CT molecular complexity index is 1270. The molecule has 32 heavy (non-hydrogen) atoms. The fraction of sp³-hybridized carbons (Fsp3) is 0.207. The molecular formula is C29H24FNS. The van der Waals surface area contributed by atoms with Gasteiger partial charge in [0, 0.05) is 11.1 Å². The van der Waals surface area contributed by atoms with Gasteiger partial charge in [0.1, 0.15) is 11.5 Å². The van der Waals surface area contributed by atoms with E-state index in [1.165, 1.54) is 35.6 Å². The molecule has 0 amide bonds. The maximum Gasteiger partial charge on any atom is 0.150 e. The fourth-order valence-electron chi connectivity index (χ4n) is 3.92. The molecule has 0 aromatic heterocycles. The first-order valence-corrected chi connectivity index (χ1v) is 11.4. The second kappa shape index (κ2) is 10.3. The number of thiocarbonyl (C=S) groups is 1. The maximum atomic E-state index is 14.2. The minimum Gasteiger partial charge on any atom is -0.205 e. The summed E-state index contributed by atoms with van der Waals surface area (Å²) in [6, 6.07) is 20.0. The molecule has 3 aromatic rings. The van der Waals surface area contributed by atoms with E-state index in [2.05, 4.69) is 89.7 Å². The normalized spacial score (nSPS) is 12.1. The van der Waals surface area contributed by atoms with Crippen LogP contribution in [0.2, 0.25) is 0 Å². The van der Waals surface area contributed by atoms with Crippen molar-refractivity contribution in [2.24, 2.45) is 4.99 Å². The number of isothiocyanates is 1. The summed E-state index contributed by atoms with van der Waals surface area (Å²) < 4.78 is 14.2. The first kappa shape index (κ1) is 21.9. The summed E-state index contributed by atoms with van der Waals surface area (Å²) in [5.74, 6) is 6.20. The highest BCUT2D eigenvalue weighted by molar-refractivity contribution is 7.78. The van der Waals surface area contributed by atoms with Gasteiger partial charge < -0.3 is 0 Å². The molecule has 0 aliphatic heterocycles. The third kappa shape index (κ3) is 5.29. The van der Waals surface area contributed by atoms with Crippen LogP contribution in [-0.2, 0) is 12.8 Å². The van der Waals surface area contributed by atoms with Crippen LogP contribution in [0.25, 0.3) is 11.6 Å². The zero-order chi connectivity index (χ0) is 22.3. The van der Waals surface area contributed by atoms with Crippen molar-refractivity contribution in [1.29, 1.82) is 0 Å². The van der Waals surface area contributed by atoms with Crippen molar-refractivity contribution >= 4 is 34.7 Å². The summed E-state index contributed by atoms with van der Waals surface area (Å²) in [4.78, 5) is 3.75. The Labute approximate surface area is 194 Å². The summed E-state index contributed by atoms with van der Waals surface area (Å²) in [6.45, 7) is 2.21. The van der Waals surface area contributed by atoms with Gasteiger partial charge in [-0.25, -0.2) is 4.39 Å². The molecular weight excluding hydrogens is 413 g/mol. The molecule has 3 aromatic carbocycles. The molecule has 0 radical (unpaired) electrons. The molecule has 1 aliphatic carbocycles. The molecule has 1 nitrogen and oxygen atoms in total. The van der Waals surface area contributed by atoms with Crippen LogP contribution in [0, 0.1) is 17.7 Å². The number of fused-ring (bicyclic) bond motifs is 1. The van der Waals surface area contributed by atoms with Gasteiger partial charge in [0.15, 0.2) is 0 Å². The second-order valence-electron chi connectivity index (χ2n) is 8.00. The van der Waals surface area contributed by atoms with E-state index >= 15 is 0 Å². The van der Waals surface area contributed by atoms with Crippen molar-refractivity contribution < 1.29 is 4.39 Å². The molecule has 0 saturated heterocycles. The summed E-state index contributed by atoms with van der Waals surface area (Å²) in [6.07, 6.45) is 7.47. The molecule has 0 spiro atoms. The molecule has 0 bridgehead atoms. The van der Waals surface area contributed by atoms with E-state index in [-0.39, 0.29) is 11.5 Å². The van der Waals surface area contributed by atoms with E-state index in [1.807, 2.05) is 6.07 Å². The number of unbranched alkanes of at least 4 members (excludes halogenated alkanes) is 1. The Morgan fingerprint density at radius 3 is 2.47 bits per heavy atom. The molecule has 0 heterocycles. The Balaban J connectivity index is 1.51. The van der Waals surface area contributed by atoms with Crippen molar-refractivity contribution in [3.8, 4) is 11.8 Å². The minimum atomic E-state index is -0.379. The van der Waals surface area contributed by atoms with E-state index in [4.69, 9.17) is 0 Å². The van der Waals surface area contributed by atoms with Crippen LogP contribution >= 0.6 is 12.2 Å². The SMILES string of the molecule is CCCCc1ccc(C#Cc2ccc3c(c2)CCC(c2ccc(N=C=S)c(F)c2)=C3)cc1. The van der Waals surface area contributed by atoms with Crippen LogP contribution in [0.15, 0.2) is 65.7 Å². The second-order valence-corrected chi connectivity index (χ2v) is 8.19. The average molecular weight is 438 g/mol. The highest BCUT2D eigenvalue weighted by Crippen LogP contribution is 2.32. The largest absolute Gasteiger partial charge is 0.205 e. The molecule has 158 valence electrons. The van der Waals surface area contributed by atoms with Gasteiger partial charge in [0.2, 0.25) is 0 Å². The van der Waals surface area contributed by atoms with Gasteiger partial charge in [-0.05, 0) is 102 Å². The first-order valence-electron chi connectivity index (χ1n) is 11.0. The lowest BCUT2D eigenvalue weighted by Gasteiger charge is -2.17. The number of rotatable bonds is 5. The van der Waals surface area contributed by atoms with Crippen LogP contribution in [0.4, 0.5) is 10.1 Å². The summed E-state index contributed by atoms with van der Waals surface area (Å²) in [5.41, 5.74) is 8.09. The first-order chi connectivity index (χ1) is 15.7. The molecule has 3 heteroatoms. The predicted octanol–water partition coefficient (Wildman–Crippen LogP) is 7.79. The zero-order valence-electron chi connectivity index (χ0n) is 18.1. The number of hydrogen-bond donors (Lipinski definition) is 0. The third-order valence-corrected chi connectivity index (χ3v) is 5.84. The van der Waals surface area contributed by atoms with E-state index in [0.29, 0.717) is 0 Å². The Morgan fingerprint density at radius 2 is 1.72 bits per heavy atom. The summed E-state index contributed by atoms with van der Waals surface area (Å²) in [5, 5.41) is 2.22. The highest BCUT2D eigenvalue weighted by atomic mass is 32.1. The lowest BCUT2D eigenvalue weighted by atomic mass is 9.88. The molecule has 1 aliphatic rings. The van der Waals surface area contributed by atoms with Crippen molar-refractivity contribution in [1.82, 2.24) is 0 Å². The van der Waals surface area contributed by atoms with E-state index in [1.54, 1.807) is 6.07 Å². The Hall–Kier alpha value is -3.31. The summed E-state index contributed by atoms with van der Waals surface area (Å²) in [7, 11) is 0. The molecule has 0 N–H and O–H groups in total. The number of aliphatic imine (C=N–C) groups is 1. The van der Waals surface area contributed by atoms with Gasteiger partial charge in [0.25, 0.3) is 0 Å². The number of halogens is 1. The fourth-order valence-corrected chi connectivity index (χ4v) is 4.02. The molecule has 0 atom stereocenters. The number of hydrogen-bond acceptors (Lipinski definition) is 2. The van der Waals surface area contributed by atoms with E-state index in [0.717, 1.165) is 41.5 Å². The van der Waals surface area contributed by atoms with Gasteiger partial charge in [-0.15, -0.1) is 0 Å². The van der Waals surface area contributed by atoms with Crippen molar-refractivity contribution in [3.63, 3.8) is 0 Å². The lowest BCUT2D eigenvalue weighted by molar-refractivity contribution is 0.629. The topological polar surface area (TPSA) is 12.4 Å². The van der Waals surface area contributed by atoms with Crippen molar-refractivity contribution in [2.75, 3.05) is 0 Å². The molecule has 0 unspecified atom stereocenters. The van der Waals surface area contributed by atoms with Crippen molar-refractivity contribution in [2.45, 2.75) is 39.0 Å². The van der Waals surface area contributed by atoms with Crippen LogP contribution in [0.3, 0.4) is 0 Å². The maximum absolute atomic E-state index is 14.2.